The number of amides is 1. The Balaban J connectivity index is 2.63. The van der Waals surface area contributed by atoms with Gasteiger partial charge >= 0.3 is 0 Å². The number of hydrogen-bond donors (Lipinski definition) is 2. The van der Waals surface area contributed by atoms with Gasteiger partial charge in [-0.1, -0.05) is 0 Å². The number of carbonyl (C=O) groups is 1. The van der Waals surface area contributed by atoms with E-state index in [4.69, 9.17) is 5.26 Å². The van der Waals surface area contributed by atoms with Crippen molar-refractivity contribution in [3.63, 3.8) is 0 Å². The highest BCUT2D eigenvalue weighted by Gasteiger charge is 2.16. The summed E-state index contributed by atoms with van der Waals surface area (Å²) in [5, 5.41) is 10.5. The highest BCUT2D eigenvalue weighted by Crippen LogP contribution is 2.19. The molecule has 0 aromatic heterocycles. The van der Waals surface area contributed by atoms with E-state index in [1.165, 1.54) is 0 Å². The number of hydrogen-bond acceptors (Lipinski definition) is 2. The molecule has 0 bridgehead atoms. The second kappa shape index (κ2) is 6.75. The van der Waals surface area contributed by atoms with Gasteiger partial charge in [-0.2, -0.15) is 5.26 Å². The van der Waals surface area contributed by atoms with Gasteiger partial charge in [-0.15, -0.1) is 0 Å². The van der Waals surface area contributed by atoms with Crippen molar-refractivity contribution in [3.05, 3.63) is 29.6 Å². The van der Waals surface area contributed by atoms with Crippen molar-refractivity contribution >= 4 is 11.6 Å². The van der Waals surface area contributed by atoms with Crippen LogP contribution in [0.15, 0.2) is 12.1 Å². The Kier molecular flexibility index (Phi) is 5.33. The van der Waals surface area contributed by atoms with Crippen LogP contribution >= 0.6 is 0 Å². The average molecular weight is 272 g/mol. The molecule has 102 valence electrons. The Hall–Kier alpha value is -2.07. The smallest absolute Gasteiger partial charge is 0.279 e. The van der Waals surface area contributed by atoms with Crippen molar-refractivity contribution in [2.24, 2.45) is 0 Å². The van der Waals surface area contributed by atoms with Crippen molar-refractivity contribution in [1.82, 2.24) is 0 Å². The van der Waals surface area contributed by atoms with Crippen LogP contribution in [-0.4, -0.2) is 26.0 Å². The third-order valence-corrected chi connectivity index (χ3v) is 2.44. The third-order valence-electron chi connectivity index (χ3n) is 2.44. The molecule has 0 fully saturated rings. The fourth-order valence-corrected chi connectivity index (χ4v) is 1.45. The van der Waals surface area contributed by atoms with E-state index >= 15 is 0 Å². The summed E-state index contributed by atoms with van der Waals surface area (Å²) in [4.78, 5) is 12.3. The first kappa shape index (κ1) is 15.0. The molecule has 0 aliphatic heterocycles. The average Bonchev–Trinajstić information content (AvgIpc) is 2.37. The number of likely N-dealkylation sites (N-methyl/N-ethyl adjacent to an activating group) is 1. The number of halogens is 3. The van der Waals surface area contributed by atoms with Gasteiger partial charge in [-0.05, 0) is 12.1 Å². The van der Waals surface area contributed by atoms with E-state index in [9.17, 15) is 18.0 Å². The zero-order valence-corrected chi connectivity index (χ0v) is 10.3. The fourth-order valence-electron chi connectivity index (χ4n) is 1.45. The summed E-state index contributed by atoms with van der Waals surface area (Å²) >= 11 is 0. The summed E-state index contributed by atoms with van der Waals surface area (Å²) in [5.74, 6) is -4.90. The van der Waals surface area contributed by atoms with Gasteiger partial charge in [0.25, 0.3) is 5.91 Å². The number of anilines is 1. The normalized spacial score (nSPS) is 11.7. The highest BCUT2D eigenvalue weighted by atomic mass is 19.2. The number of nitrogens with zero attached hydrogens (tertiary/aromatic N) is 1. The molecule has 1 aromatic carbocycles. The van der Waals surface area contributed by atoms with Crippen molar-refractivity contribution in [3.8, 4) is 6.07 Å². The molecule has 1 aromatic rings. The molecule has 1 atom stereocenters. The minimum Gasteiger partial charge on any atom is -0.329 e. The molecule has 0 heterocycles. The molecule has 0 radical (unpaired) electrons. The number of quaternary nitrogens is 1. The Morgan fingerprint density at radius 1 is 1.37 bits per heavy atom. The molecule has 1 unspecified atom stereocenters. The quantitative estimate of drug-likeness (QED) is 0.766. The van der Waals surface area contributed by atoms with E-state index < -0.39 is 29.0 Å². The molecule has 7 heteroatoms. The van der Waals surface area contributed by atoms with E-state index in [1.54, 1.807) is 7.05 Å². The van der Waals surface area contributed by atoms with Crippen LogP contribution in [0.5, 0.6) is 0 Å². The lowest BCUT2D eigenvalue weighted by Gasteiger charge is -2.12. The molecular formula is C12H13F3N3O+. The lowest BCUT2D eigenvalue weighted by Crippen LogP contribution is -3.10. The van der Waals surface area contributed by atoms with Crippen LogP contribution in [0.25, 0.3) is 0 Å². The van der Waals surface area contributed by atoms with Crippen LogP contribution in [0.2, 0.25) is 0 Å². The first-order chi connectivity index (χ1) is 8.95. The number of rotatable bonds is 5. The van der Waals surface area contributed by atoms with Crippen LogP contribution in [0, 0.1) is 28.8 Å². The van der Waals surface area contributed by atoms with Gasteiger partial charge < -0.3 is 10.2 Å². The van der Waals surface area contributed by atoms with Crippen LogP contribution < -0.4 is 10.2 Å². The molecule has 0 saturated carbocycles. The zero-order chi connectivity index (χ0) is 14.4. The first-order valence-electron chi connectivity index (χ1n) is 5.57. The zero-order valence-electron chi connectivity index (χ0n) is 10.3. The Morgan fingerprint density at radius 2 is 2.05 bits per heavy atom. The summed E-state index contributed by atoms with van der Waals surface area (Å²) in [6.45, 7) is 0.463. The van der Waals surface area contributed by atoms with Gasteiger partial charge in [0.05, 0.1) is 31.8 Å². The van der Waals surface area contributed by atoms with E-state index in [-0.39, 0.29) is 6.54 Å². The van der Waals surface area contributed by atoms with Gasteiger partial charge in [0.1, 0.15) is 0 Å². The predicted octanol–water partition coefficient (Wildman–Crippen LogP) is 0.471. The molecular weight excluding hydrogens is 259 g/mol. The molecule has 0 aliphatic carbocycles. The molecule has 1 amide bonds. The Bertz CT molecular complexity index is 514. The number of carbonyl (C=O) groups excluding carboxylic acids is 1. The minimum atomic E-state index is -1.62. The van der Waals surface area contributed by atoms with Gasteiger partial charge in [-0.25, -0.2) is 13.2 Å². The summed E-state index contributed by atoms with van der Waals surface area (Å²) in [6.07, 6.45) is 0.290. The van der Waals surface area contributed by atoms with Gasteiger partial charge in [0, 0.05) is 0 Å². The summed E-state index contributed by atoms with van der Waals surface area (Å²) in [6, 6.07) is 3.63. The number of nitrogens with one attached hydrogen (secondary N) is 2. The molecule has 2 N–H and O–H groups in total. The predicted molar refractivity (Wildman–Crippen MR) is 61.8 cm³/mol. The van der Waals surface area contributed by atoms with Crippen molar-refractivity contribution in [2.45, 2.75) is 6.42 Å². The lowest BCUT2D eigenvalue weighted by atomic mass is 10.2. The van der Waals surface area contributed by atoms with Crippen LogP contribution in [0.4, 0.5) is 18.9 Å². The lowest BCUT2D eigenvalue weighted by molar-refractivity contribution is -0.870. The molecule has 0 aliphatic rings. The van der Waals surface area contributed by atoms with Crippen molar-refractivity contribution in [1.29, 1.82) is 5.26 Å². The van der Waals surface area contributed by atoms with Crippen LogP contribution in [0.1, 0.15) is 6.42 Å². The second-order valence-corrected chi connectivity index (χ2v) is 4.06. The fraction of sp³-hybridized carbons (Fsp3) is 0.333. The Labute approximate surface area is 108 Å². The van der Waals surface area contributed by atoms with E-state index in [0.29, 0.717) is 13.0 Å². The standard InChI is InChI=1S/C12H12F3N3O/c1-18(6-2-5-16)7-10(19)17-9-4-3-8(13)11(14)12(9)15/h3-4H,2,6-7H2,1H3,(H,17,19)/p+1. The SMILES string of the molecule is C[NH+](CCC#N)CC(=O)Nc1ccc(F)c(F)c1F. The highest BCUT2D eigenvalue weighted by molar-refractivity contribution is 5.91. The molecule has 0 saturated heterocycles. The number of benzene rings is 1. The maximum Gasteiger partial charge on any atom is 0.279 e. The molecule has 19 heavy (non-hydrogen) atoms. The van der Waals surface area contributed by atoms with Gasteiger partial charge in [0.15, 0.2) is 24.0 Å². The van der Waals surface area contributed by atoms with Crippen LogP contribution in [0.3, 0.4) is 0 Å². The van der Waals surface area contributed by atoms with E-state index in [2.05, 4.69) is 5.32 Å². The van der Waals surface area contributed by atoms with E-state index in [0.717, 1.165) is 17.0 Å². The minimum absolute atomic E-state index is 0.000115. The van der Waals surface area contributed by atoms with Crippen molar-refractivity contribution < 1.29 is 22.9 Å². The van der Waals surface area contributed by atoms with Crippen LogP contribution in [-0.2, 0) is 4.79 Å². The summed E-state index contributed by atoms with van der Waals surface area (Å²) in [5.41, 5.74) is -0.406. The molecule has 4 nitrogen and oxygen atoms in total. The monoisotopic (exact) mass is 272 g/mol. The second-order valence-electron chi connectivity index (χ2n) is 4.06. The van der Waals surface area contributed by atoms with Gasteiger partial charge in [-0.3, -0.25) is 4.79 Å². The maximum absolute atomic E-state index is 13.3. The third kappa shape index (κ3) is 4.26. The Morgan fingerprint density at radius 3 is 2.68 bits per heavy atom. The largest absolute Gasteiger partial charge is 0.329 e. The topological polar surface area (TPSA) is 57.3 Å². The molecule has 1 rings (SSSR count). The molecule has 0 spiro atoms. The summed E-state index contributed by atoms with van der Waals surface area (Å²) < 4.78 is 38.9. The van der Waals surface area contributed by atoms with Gasteiger partial charge in [0.2, 0.25) is 0 Å². The maximum atomic E-state index is 13.3. The van der Waals surface area contributed by atoms with Crippen molar-refractivity contribution in [2.75, 3.05) is 25.5 Å². The number of nitriles is 1. The van der Waals surface area contributed by atoms with E-state index in [1.807, 2.05) is 6.07 Å². The first-order valence-corrected chi connectivity index (χ1v) is 5.57. The summed E-state index contributed by atoms with van der Waals surface area (Å²) in [7, 11) is 1.69.